The van der Waals surface area contributed by atoms with E-state index in [1.165, 1.54) is 0 Å². The van der Waals surface area contributed by atoms with Crippen LogP contribution in [0.15, 0.2) is 0 Å². The molecule has 0 aromatic heterocycles. The minimum absolute atomic E-state index is 0.0278. The Balaban J connectivity index is 2.54. The molecule has 1 amide bonds. The van der Waals surface area contributed by atoms with Crippen LogP contribution in [0.5, 0.6) is 0 Å². The summed E-state index contributed by atoms with van der Waals surface area (Å²) >= 11 is 0. The van der Waals surface area contributed by atoms with E-state index in [0.717, 1.165) is 6.42 Å². The molecule has 76 valence electrons. The van der Waals surface area contributed by atoms with Crippen LogP contribution in [0, 0.1) is 5.92 Å². The standard InChI is InChI=1S/C9H17NO3/c1-3-13-9(12)10-5-4-7(2)8(10)6-11/h7-8,11H,3-6H2,1-2H3. The van der Waals surface area contributed by atoms with Crippen molar-refractivity contribution in [1.82, 2.24) is 4.90 Å². The summed E-state index contributed by atoms with van der Waals surface area (Å²) in [6.07, 6.45) is 0.648. The molecule has 13 heavy (non-hydrogen) atoms. The summed E-state index contributed by atoms with van der Waals surface area (Å²) in [5, 5.41) is 9.07. The SMILES string of the molecule is CCOC(=O)N1CCC(C)C1CO. The van der Waals surface area contributed by atoms with Gasteiger partial charge in [-0.3, -0.25) is 0 Å². The fourth-order valence-corrected chi connectivity index (χ4v) is 1.72. The molecule has 0 radical (unpaired) electrons. The summed E-state index contributed by atoms with van der Waals surface area (Å²) in [6, 6.07) is -0.0564. The molecule has 0 aromatic carbocycles. The topological polar surface area (TPSA) is 49.8 Å². The minimum atomic E-state index is -0.300. The maximum atomic E-state index is 11.4. The third kappa shape index (κ3) is 2.12. The number of rotatable bonds is 2. The monoisotopic (exact) mass is 187 g/mol. The van der Waals surface area contributed by atoms with E-state index in [-0.39, 0.29) is 18.7 Å². The molecule has 1 saturated heterocycles. The van der Waals surface area contributed by atoms with Crippen molar-refractivity contribution in [3.8, 4) is 0 Å². The van der Waals surface area contributed by atoms with Gasteiger partial charge in [0.25, 0.3) is 0 Å². The predicted molar refractivity (Wildman–Crippen MR) is 48.4 cm³/mol. The largest absolute Gasteiger partial charge is 0.450 e. The zero-order chi connectivity index (χ0) is 9.84. The Morgan fingerprint density at radius 2 is 2.38 bits per heavy atom. The summed E-state index contributed by atoms with van der Waals surface area (Å²) in [5.41, 5.74) is 0. The molecule has 0 saturated carbocycles. The smallest absolute Gasteiger partial charge is 0.410 e. The molecule has 1 aliphatic rings. The van der Waals surface area contributed by atoms with Crippen molar-refractivity contribution < 1.29 is 14.6 Å². The van der Waals surface area contributed by atoms with E-state index in [2.05, 4.69) is 0 Å². The molecular weight excluding hydrogens is 170 g/mol. The zero-order valence-corrected chi connectivity index (χ0v) is 8.19. The van der Waals surface area contributed by atoms with Crippen LogP contribution in [0.1, 0.15) is 20.3 Å². The molecule has 4 heteroatoms. The van der Waals surface area contributed by atoms with Gasteiger partial charge < -0.3 is 14.7 Å². The van der Waals surface area contributed by atoms with E-state index in [0.29, 0.717) is 19.1 Å². The van der Waals surface area contributed by atoms with Crippen molar-refractivity contribution >= 4 is 6.09 Å². The number of carbonyl (C=O) groups is 1. The third-order valence-corrected chi connectivity index (χ3v) is 2.57. The van der Waals surface area contributed by atoms with E-state index in [1.807, 2.05) is 6.92 Å². The molecule has 0 aliphatic carbocycles. The highest BCUT2D eigenvalue weighted by Gasteiger charge is 2.34. The normalized spacial score (nSPS) is 27.8. The van der Waals surface area contributed by atoms with E-state index in [9.17, 15) is 4.79 Å². The molecule has 1 N–H and O–H groups in total. The molecule has 1 aliphatic heterocycles. The van der Waals surface area contributed by atoms with Crippen LogP contribution in [0.4, 0.5) is 4.79 Å². The molecule has 0 spiro atoms. The molecular formula is C9H17NO3. The van der Waals surface area contributed by atoms with Gasteiger partial charge in [0.1, 0.15) is 0 Å². The van der Waals surface area contributed by atoms with Gasteiger partial charge in [-0.1, -0.05) is 6.92 Å². The highest BCUT2D eigenvalue weighted by molar-refractivity contribution is 5.68. The number of hydrogen-bond donors (Lipinski definition) is 1. The maximum Gasteiger partial charge on any atom is 0.410 e. The minimum Gasteiger partial charge on any atom is -0.450 e. The number of aliphatic hydroxyl groups is 1. The fraction of sp³-hybridized carbons (Fsp3) is 0.889. The van der Waals surface area contributed by atoms with Crippen LogP contribution >= 0.6 is 0 Å². The van der Waals surface area contributed by atoms with Crippen LogP contribution in [0.25, 0.3) is 0 Å². The Morgan fingerprint density at radius 3 is 2.92 bits per heavy atom. The highest BCUT2D eigenvalue weighted by atomic mass is 16.6. The molecule has 0 bridgehead atoms. The maximum absolute atomic E-state index is 11.4. The number of hydrogen-bond acceptors (Lipinski definition) is 3. The van der Waals surface area contributed by atoms with E-state index in [4.69, 9.17) is 9.84 Å². The molecule has 2 atom stereocenters. The number of nitrogens with zero attached hydrogens (tertiary/aromatic N) is 1. The van der Waals surface area contributed by atoms with E-state index >= 15 is 0 Å². The van der Waals surface area contributed by atoms with Crippen molar-refractivity contribution in [2.75, 3.05) is 19.8 Å². The lowest BCUT2D eigenvalue weighted by atomic mass is 10.0. The lowest BCUT2D eigenvalue weighted by Gasteiger charge is -2.23. The second kappa shape index (κ2) is 4.46. The molecule has 2 unspecified atom stereocenters. The van der Waals surface area contributed by atoms with Crippen molar-refractivity contribution in [2.24, 2.45) is 5.92 Å². The second-order valence-corrected chi connectivity index (χ2v) is 3.41. The number of ether oxygens (including phenoxy) is 1. The van der Waals surface area contributed by atoms with E-state index < -0.39 is 0 Å². The van der Waals surface area contributed by atoms with Gasteiger partial charge in [-0.2, -0.15) is 0 Å². The highest BCUT2D eigenvalue weighted by Crippen LogP contribution is 2.23. The molecule has 1 fully saturated rings. The Kier molecular flexibility index (Phi) is 3.54. The summed E-state index contributed by atoms with van der Waals surface area (Å²) in [5.74, 6) is 0.370. The van der Waals surface area contributed by atoms with Crippen molar-refractivity contribution in [3.63, 3.8) is 0 Å². The molecule has 1 heterocycles. The quantitative estimate of drug-likeness (QED) is 0.697. The van der Waals surface area contributed by atoms with Crippen molar-refractivity contribution in [1.29, 1.82) is 0 Å². The van der Waals surface area contributed by atoms with Crippen molar-refractivity contribution in [2.45, 2.75) is 26.3 Å². The summed E-state index contributed by atoms with van der Waals surface area (Å²) in [4.78, 5) is 13.0. The molecule has 1 rings (SSSR count). The Labute approximate surface area is 78.5 Å². The zero-order valence-electron chi connectivity index (χ0n) is 8.19. The second-order valence-electron chi connectivity index (χ2n) is 3.41. The van der Waals surface area contributed by atoms with Gasteiger partial charge in [0.15, 0.2) is 0 Å². The van der Waals surface area contributed by atoms with Crippen molar-refractivity contribution in [3.05, 3.63) is 0 Å². The van der Waals surface area contributed by atoms with Crippen LogP contribution in [-0.4, -0.2) is 41.9 Å². The Hall–Kier alpha value is -0.770. The van der Waals surface area contributed by atoms with Gasteiger partial charge in [0.05, 0.1) is 19.3 Å². The van der Waals surface area contributed by atoms with E-state index in [1.54, 1.807) is 11.8 Å². The molecule has 4 nitrogen and oxygen atoms in total. The first-order valence-corrected chi connectivity index (χ1v) is 4.75. The van der Waals surface area contributed by atoms with Crippen LogP contribution in [-0.2, 0) is 4.74 Å². The molecule has 0 aromatic rings. The lowest BCUT2D eigenvalue weighted by Crippen LogP contribution is -2.40. The van der Waals surface area contributed by atoms with Crippen LogP contribution in [0.3, 0.4) is 0 Å². The van der Waals surface area contributed by atoms with Gasteiger partial charge in [0.2, 0.25) is 0 Å². The predicted octanol–water partition coefficient (Wildman–Crippen LogP) is 0.846. The summed E-state index contributed by atoms with van der Waals surface area (Å²) < 4.78 is 4.88. The third-order valence-electron chi connectivity index (χ3n) is 2.57. The van der Waals surface area contributed by atoms with Gasteiger partial charge in [0, 0.05) is 6.54 Å². The van der Waals surface area contributed by atoms with Gasteiger partial charge in [-0.15, -0.1) is 0 Å². The first-order valence-electron chi connectivity index (χ1n) is 4.75. The Bertz CT molecular complexity index is 184. The van der Waals surface area contributed by atoms with Gasteiger partial charge >= 0.3 is 6.09 Å². The fourth-order valence-electron chi connectivity index (χ4n) is 1.72. The number of carbonyl (C=O) groups excluding carboxylic acids is 1. The number of likely N-dealkylation sites (tertiary alicyclic amines) is 1. The van der Waals surface area contributed by atoms with Gasteiger partial charge in [-0.05, 0) is 19.3 Å². The number of aliphatic hydroxyl groups excluding tert-OH is 1. The first kappa shape index (κ1) is 10.3. The Morgan fingerprint density at radius 1 is 1.69 bits per heavy atom. The number of amides is 1. The first-order chi connectivity index (χ1) is 6.20. The average Bonchev–Trinajstić information content (AvgIpc) is 2.47. The van der Waals surface area contributed by atoms with Gasteiger partial charge in [-0.25, -0.2) is 4.79 Å². The summed E-state index contributed by atoms with van der Waals surface area (Å²) in [7, 11) is 0. The average molecular weight is 187 g/mol. The van der Waals surface area contributed by atoms with Crippen LogP contribution < -0.4 is 0 Å². The van der Waals surface area contributed by atoms with Crippen LogP contribution in [0.2, 0.25) is 0 Å². The summed E-state index contributed by atoms with van der Waals surface area (Å²) in [6.45, 7) is 4.94. The lowest BCUT2D eigenvalue weighted by molar-refractivity contribution is 0.0821.